The molecule has 4 heterocycles. The van der Waals surface area contributed by atoms with Gasteiger partial charge in [-0.3, -0.25) is 24.6 Å². The first kappa shape index (κ1) is 22.3. The van der Waals surface area contributed by atoms with Crippen LogP contribution in [0.3, 0.4) is 0 Å². The second-order valence-electron chi connectivity index (χ2n) is 10.0. The predicted octanol–water partition coefficient (Wildman–Crippen LogP) is 3.98. The molecule has 184 valence electrons. The Labute approximate surface area is 217 Å². The van der Waals surface area contributed by atoms with Gasteiger partial charge < -0.3 is 10.3 Å². The lowest BCUT2D eigenvalue weighted by molar-refractivity contribution is -0.143. The molecule has 3 aromatic carbocycles. The number of imide groups is 1. The summed E-state index contributed by atoms with van der Waals surface area (Å²) in [7, 11) is 0. The highest BCUT2D eigenvalue weighted by atomic mass is 35.5. The lowest BCUT2D eigenvalue weighted by atomic mass is 9.76. The Kier molecular flexibility index (Phi) is 4.83. The molecule has 4 aromatic rings. The summed E-state index contributed by atoms with van der Waals surface area (Å²) in [6, 6.07) is 22.2. The van der Waals surface area contributed by atoms with Crippen LogP contribution < -0.4 is 10.6 Å². The number of carbonyl (C=O) groups is 3. The fraction of sp³-hybridized carbons (Fsp3) is 0.207. The molecule has 2 fully saturated rings. The molecule has 8 heteroatoms. The van der Waals surface area contributed by atoms with Crippen molar-refractivity contribution in [2.75, 3.05) is 5.32 Å². The number of H-pyrrole nitrogens is 1. The van der Waals surface area contributed by atoms with Crippen LogP contribution in [0.4, 0.5) is 5.69 Å². The number of aromatic nitrogens is 1. The van der Waals surface area contributed by atoms with E-state index in [1.165, 1.54) is 4.90 Å². The molecule has 3 amide bonds. The van der Waals surface area contributed by atoms with Gasteiger partial charge in [0.2, 0.25) is 17.7 Å². The van der Waals surface area contributed by atoms with Gasteiger partial charge in [0, 0.05) is 39.4 Å². The number of fused-ring (bicyclic) bond motifs is 5. The minimum Gasteiger partial charge on any atom is -0.361 e. The zero-order valence-electron chi connectivity index (χ0n) is 19.7. The molecule has 1 spiro atoms. The minimum atomic E-state index is -1.38. The molecule has 0 unspecified atom stereocenters. The molecule has 3 aliphatic heterocycles. The van der Waals surface area contributed by atoms with Crippen molar-refractivity contribution in [2.24, 2.45) is 11.8 Å². The SMILES string of the molecule is O=C1[C@@H]2[C@H](Cc3c[nH]c4ccccc34)N[C@@]3(C(=O)Nc4ccc(Cl)cc43)[C@@H]2C(=O)N1Cc1ccccc1. The van der Waals surface area contributed by atoms with Gasteiger partial charge in [-0.15, -0.1) is 0 Å². The van der Waals surface area contributed by atoms with Crippen molar-refractivity contribution in [3.8, 4) is 0 Å². The van der Waals surface area contributed by atoms with Gasteiger partial charge in [-0.1, -0.05) is 60.1 Å². The van der Waals surface area contributed by atoms with E-state index in [-0.39, 0.29) is 24.3 Å². The number of nitrogens with one attached hydrogen (secondary N) is 3. The van der Waals surface area contributed by atoms with Crippen LogP contribution in [0.25, 0.3) is 10.9 Å². The highest BCUT2D eigenvalue weighted by molar-refractivity contribution is 6.31. The molecule has 2 saturated heterocycles. The van der Waals surface area contributed by atoms with Crippen LogP contribution >= 0.6 is 11.6 Å². The van der Waals surface area contributed by atoms with Crippen LogP contribution in [0.1, 0.15) is 16.7 Å². The van der Waals surface area contributed by atoms with Gasteiger partial charge in [0.1, 0.15) is 5.54 Å². The zero-order valence-corrected chi connectivity index (χ0v) is 20.5. The maximum absolute atomic E-state index is 14.0. The molecule has 7 nitrogen and oxygen atoms in total. The molecule has 1 aromatic heterocycles. The average molecular weight is 511 g/mol. The van der Waals surface area contributed by atoms with Crippen LogP contribution in [0.15, 0.2) is 79.0 Å². The van der Waals surface area contributed by atoms with Crippen LogP contribution in [0.2, 0.25) is 5.02 Å². The number of anilines is 1. The Bertz CT molecular complexity index is 1600. The van der Waals surface area contributed by atoms with E-state index in [1.807, 2.05) is 60.8 Å². The quantitative estimate of drug-likeness (QED) is 0.362. The van der Waals surface area contributed by atoms with Crippen molar-refractivity contribution in [2.45, 2.75) is 24.5 Å². The first-order valence-corrected chi connectivity index (χ1v) is 12.7. The maximum Gasteiger partial charge on any atom is 0.250 e. The summed E-state index contributed by atoms with van der Waals surface area (Å²) >= 11 is 6.36. The molecule has 0 saturated carbocycles. The topological polar surface area (TPSA) is 94.3 Å². The lowest BCUT2D eigenvalue weighted by Crippen LogP contribution is -2.53. The fourth-order valence-electron chi connectivity index (χ4n) is 6.47. The Morgan fingerprint density at radius 1 is 0.919 bits per heavy atom. The minimum absolute atomic E-state index is 0.172. The standard InChI is InChI=1S/C29H23ClN4O3/c30-18-10-11-22-20(13-18)29(28(37)32-22)25-24(26(35)34(27(25)36)15-16-6-2-1-3-7-16)23(33-29)12-17-14-31-21-9-5-4-8-19(17)21/h1-11,13-14,23-25,31,33H,12,15H2,(H,32,37)/t23-,24+,25-,29+/m0/s1. The number of aromatic amines is 1. The molecule has 3 aliphatic rings. The van der Waals surface area contributed by atoms with Crippen molar-refractivity contribution in [1.29, 1.82) is 0 Å². The Morgan fingerprint density at radius 2 is 1.70 bits per heavy atom. The summed E-state index contributed by atoms with van der Waals surface area (Å²) in [6.07, 6.45) is 2.42. The first-order valence-electron chi connectivity index (χ1n) is 12.3. The van der Waals surface area contributed by atoms with E-state index in [1.54, 1.807) is 18.2 Å². The normalized spacial score (nSPS) is 26.2. The van der Waals surface area contributed by atoms with Gasteiger partial charge in [0.15, 0.2) is 0 Å². The molecule has 37 heavy (non-hydrogen) atoms. The molecule has 7 rings (SSSR count). The monoisotopic (exact) mass is 510 g/mol. The average Bonchev–Trinajstić information content (AvgIpc) is 3.61. The second kappa shape index (κ2) is 8.03. The number of amides is 3. The number of likely N-dealkylation sites (tertiary alicyclic amines) is 1. The smallest absolute Gasteiger partial charge is 0.250 e. The highest BCUT2D eigenvalue weighted by Crippen LogP contribution is 2.54. The van der Waals surface area contributed by atoms with Crippen LogP contribution in [-0.2, 0) is 32.9 Å². The van der Waals surface area contributed by atoms with E-state index < -0.39 is 23.4 Å². The molecule has 0 bridgehead atoms. The number of hydrogen-bond acceptors (Lipinski definition) is 4. The molecule has 0 aliphatic carbocycles. The van der Waals surface area contributed by atoms with E-state index in [2.05, 4.69) is 15.6 Å². The summed E-state index contributed by atoms with van der Waals surface area (Å²) in [5.74, 6) is -2.49. The summed E-state index contributed by atoms with van der Waals surface area (Å²) in [5.41, 5.74) is 2.73. The van der Waals surface area contributed by atoms with Crippen molar-refractivity contribution in [1.82, 2.24) is 15.2 Å². The second-order valence-corrected chi connectivity index (χ2v) is 10.5. The predicted molar refractivity (Wildman–Crippen MR) is 140 cm³/mol. The number of halogens is 1. The fourth-order valence-corrected chi connectivity index (χ4v) is 6.64. The number of para-hydroxylation sites is 1. The zero-order chi connectivity index (χ0) is 25.3. The van der Waals surface area contributed by atoms with Crippen LogP contribution in [0.5, 0.6) is 0 Å². The third kappa shape index (κ3) is 3.14. The van der Waals surface area contributed by atoms with Crippen molar-refractivity contribution < 1.29 is 14.4 Å². The first-order chi connectivity index (χ1) is 18.0. The highest BCUT2D eigenvalue weighted by Gasteiger charge is 2.70. The lowest BCUT2D eigenvalue weighted by Gasteiger charge is -2.29. The summed E-state index contributed by atoms with van der Waals surface area (Å²) in [5, 5.41) is 7.95. The van der Waals surface area contributed by atoms with Gasteiger partial charge in [-0.05, 0) is 41.8 Å². The van der Waals surface area contributed by atoms with E-state index in [9.17, 15) is 14.4 Å². The number of rotatable bonds is 4. The molecular weight excluding hydrogens is 488 g/mol. The van der Waals surface area contributed by atoms with E-state index >= 15 is 0 Å². The number of nitrogens with zero attached hydrogens (tertiary/aromatic N) is 1. The summed E-state index contributed by atoms with van der Waals surface area (Å²) in [4.78, 5) is 46.2. The van der Waals surface area contributed by atoms with Crippen molar-refractivity contribution in [3.05, 3.63) is 101 Å². The molecule has 4 atom stereocenters. The number of carbonyl (C=O) groups excluding carboxylic acids is 3. The van der Waals surface area contributed by atoms with Crippen LogP contribution in [0, 0.1) is 11.8 Å². The van der Waals surface area contributed by atoms with Crippen molar-refractivity contribution in [3.63, 3.8) is 0 Å². The number of benzene rings is 3. The van der Waals surface area contributed by atoms with Gasteiger partial charge in [-0.25, -0.2) is 0 Å². The molecule has 0 radical (unpaired) electrons. The molecular formula is C29H23ClN4O3. The Morgan fingerprint density at radius 3 is 2.54 bits per heavy atom. The van der Waals surface area contributed by atoms with Gasteiger partial charge in [-0.2, -0.15) is 0 Å². The Hall–Kier alpha value is -3.94. The summed E-state index contributed by atoms with van der Waals surface area (Å²) in [6.45, 7) is 0.172. The van der Waals surface area contributed by atoms with Crippen molar-refractivity contribution >= 4 is 45.9 Å². The van der Waals surface area contributed by atoms with Gasteiger partial charge in [0.25, 0.3) is 0 Å². The summed E-state index contributed by atoms with van der Waals surface area (Å²) < 4.78 is 0. The third-order valence-corrected chi connectivity index (χ3v) is 8.30. The largest absolute Gasteiger partial charge is 0.361 e. The van der Waals surface area contributed by atoms with Crippen LogP contribution in [-0.4, -0.2) is 33.6 Å². The van der Waals surface area contributed by atoms with Gasteiger partial charge in [0.05, 0.1) is 18.4 Å². The van der Waals surface area contributed by atoms with E-state index in [4.69, 9.17) is 11.6 Å². The van der Waals surface area contributed by atoms with E-state index in [0.29, 0.717) is 22.7 Å². The maximum atomic E-state index is 14.0. The van der Waals surface area contributed by atoms with Gasteiger partial charge >= 0.3 is 0 Å². The third-order valence-electron chi connectivity index (χ3n) is 8.07. The Balaban J connectivity index is 1.35. The molecule has 3 N–H and O–H groups in total. The number of hydrogen-bond donors (Lipinski definition) is 3. The van der Waals surface area contributed by atoms with E-state index in [0.717, 1.165) is 22.0 Å².